The lowest BCUT2D eigenvalue weighted by Crippen LogP contribution is -2.23. The number of aromatic nitrogens is 2. The Kier molecular flexibility index (Phi) is 3.40. The molecule has 6 nitrogen and oxygen atoms in total. The first-order chi connectivity index (χ1) is 12.2. The van der Waals surface area contributed by atoms with Gasteiger partial charge in [-0.3, -0.25) is 0 Å². The van der Waals surface area contributed by atoms with Gasteiger partial charge < -0.3 is 19.6 Å². The van der Waals surface area contributed by atoms with E-state index in [4.69, 9.17) is 4.52 Å². The number of β-amino-alcohol motifs (C(OH)–C–C–N with tert-alkyl or cyclic N) is 1. The number of nitrogens with zero attached hydrogens (tertiary/aromatic N) is 3. The minimum Gasteiger partial charge on any atom is -0.396 e. The molecule has 132 valence electrons. The van der Waals surface area contributed by atoms with Gasteiger partial charge in [-0.15, -0.1) is 0 Å². The minimum atomic E-state index is -0.500. The maximum Gasteiger partial charge on any atom is 0.266 e. The van der Waals surface area contributed by atoms with E-state index in [1.807, 2.05) is 23.1 Å². The number of rotatable bonds is 4. The zero-order valence-corrected chi connectivity index (χ0v) is 14.1. The Morgan fingerprint density at radius 2 is 2.04 bits per heavy atom. The van der Waals surface area contributed by atoms with Crippen LogP contribution in [0.3, 0.4) is 0 Å². The summed E-state index contributed by atoms with van der Waals surface area (Å²) in [7, 11) is 0. The molecular formula is C19H23N3O3. The topological polar surface area (TPSA) is 82.6 Å². The largest absolute Gasteiger partial charge is 0.396 e. The van der Waals surface area contributed by atoms with Crippen molar-refractivity contribution in [3.8, 4) is 0 Å². The normalized spacial score (nSPS) is 34.5. The van der Waals surface area contributed by atoms with E-state index in [1.165, 1.54) is 12.0 Å². The van der Waals surface area contributed by atoms with Gasteiger partial charge in [-0.1, -0.05) is 36.8 Å². The summed E-state index contributed by atoms with van der Waals surface area (Å²) in [5.74, 6) is 1.97. The number of hydrogen-bond acceptors (Lipinski definition) is 6. The fraction of sp³-hybridized carbons (Fsp3) is 0.579. The van der Waals surface area contributed by atoms with Crippen LogP contribution in [0, 0.1) is 11.3 Å². The predicted molar refractivity (Wildman–Crippen MR) is 91.3 cm³/mol. The molecule has 0 radical (unpaired) electrons. The van der Waals surface area contributed by atoms with E-state index in [1.54, 1.807) is 0 Å². The third kappa shape index (κ3) is 2.17. The smallest absolute Gasteiger partial charge is 0.266 e. The number of benzene rings is 1. The fourth-order valence-electron chi connectivity index (χ4n) is 4.90. The summed E-state index contributed by atoms with van der Waals surface area (Å²) >= 11 is 0. The first kappa shape index (κ1) is 15.3. The van der Waals surface area contributed by atoms with Gasteiger partial charge in [0.2, 0.25) is 5.89 Å². The molecule has 2 saturated carbocycles. The Labute approximate surface area is 146 Å². The molecule has 3 aliphatic rings. The molecule has 1 saturated heterocycles. The van der Waals surface area contributed by atoms with Gasteiger partial charge >= 0.3 is 0 Å². The average molecular weight is 341 g/mol. The van der Waals surface area contributed by atoms with Crippen LogP contribution in [0.5, 0.6) is 0 Å². The number of aliphatic hydroxyl groups excluding tert-OH is 2. The van der Waals surface area contributed by atoms with E-state index < -0.39 is 6.10 Å². The molecule has 2 heterocycles. The number of anilines is 1. The summed E-state index contributed by atoms with van der Waals surface area (Å²) in [5, 5.41) is 24.8. The Morgan fingerprint density at radius 3 is 2.72 bits per heavy atom. The molecule has 6 heteroatoms. The monoisotopic (exact) mass is 341 g/mol. The van der Waals surface area contributed by atoms with Crippen molar-refractivity contribution in [3.05, 3.63) is 41.8 Å². The van der Waals surface area contributed by atoms with Crippen LogP contribution in [0.1, 0.15) is 42.6 Å². The molecule has 2 aliphatic carbocycles. The zero-order chi connectivity index (χ0) is 17.0. The summed E-state index contributed by atoms with van der Waals surface area (Å²) in [5.41, 5.74) is 0.874. The van der Waals surface area contributed by atoms with Gasteiger partial charge in [0.05, 0.1) is 6.10 Å². The van der Waals surface area contributed by atoms with Crippen molar-refractivity contribution in [1.82, 2.24) is 10.1 Å². The van der Waals surface area contributed by atoms with Gasteiger partial charge in [-0.25, -0.2) is 0 Å². The number of hydrogen-bond donors (Lipinski definition) is 2. The summed E-state index contributed by atoms with van der Waals surface area (Å²) in [6.07, 6.45) is 2.97. The van der Waals surface area contributed by atoms with Crippen LogP contribution < -0.4 is 4.90 Å². The van der Waals surface area contributed by atoms with Crippen LogP contribution in [-0.4, -0.2) is 46.2 Å². The first-order valence-corrected chi connectivity index (χ1v) is 9.16. The Hall–Kier alpha value is -1.92. The van der Waals surface area contributed by atoms with Crippen LogP contribution in [0.15, 0.2) is 34.9 Å². The van der Waals surface area contributed by atoms with Crippen LogP contribution in [0.2, 0.25) is 0 Å². The third-order valence-electron chi connectivity index (χ3n) is 6.56. The lowest BCUT2D eigenvalue weighted by atomic mass is 9.85. The van der Waals surface area contributed by atoms with Gasteiger partial charge in [-0.05, 0) is 35.4 Å². The van der Waals surface area contributed by atoms with E-state index >= 15 is 0 Å². The molecule has 0 amide bonds. The van der Waals surface area contributed by atoms with Crippen molar-refractivity contribution < 1.29 is 14.7 Å². The first-order valence-electron chi connectivity index (χ1n) is 9.16. The van der Waals surface area contributed by atoms with Crippen LogP contribution in [0.25, 0.3) is 0 Å². The minimum absolute atomic E-state index is 0.0768. The average Bonchev–Trinajstić information content (AvgIpc) is 2.84. The fourth-order valence-corrected chi connectivity index (χ4v) is 4.90. The highest BCUT2D eigenvalue weighted by atomic mass is 16.5. The number of aliphatic hydroxyl groups is 2. The summed E-state index contributed by atoms with van der Waals surface area (Å²) < 4.78 is 5.44. The van der Waals surface area contributed by atoms with Crippen molar-refractivity contribution in [3.63, 3.8) is 0 Å². The summed E-state index contributed by atoms with van der Waals surface area (Å²) in [4.78, 5) is 6.58. The highest BCUT2D eigenvalue weighted by Gasteiger charge is 2.71. The second-order valence-electron chi connectivity index (χ2n) is 7.75. The lowest BCUT2D eigenvalue weighted by Gasteiger charge is -2.20. The molecule has 3 fully saturated rings. The molecule has 1 aromatic carbocycles. The highest BCUT2D eigenvalue weighted by molar-refractivity contribution is 5.43. The third-order valence-corrected chi connectivity index (χ3v) is 6.56. The molecule has 5 rings (SSSR count). The highest BCUT2D eigenvalue weighted by Crippen LogP contribution is 2.68. The van der Waals surface area contributed by atoms with Gasteiger partial charge in [0.15, 0.2) is 0 Å². The summed E-state index contributed by atoms with van der Waals surface area (Å²) in [6, 6.07) is 10.2. The van der Waals surface area contributed by atoms with Gasteiger partial charge in [-0.2, -0.15) is 4.98 Å². The standard InChI is InChI=1S/C19H23N3O3/c23-10-14-16(12-5-2-1-3-6-12)19(14)11-22(9-15(19)24)18-20-17(25-21-18)13-7-4-8-13/h1-3,5-6,13-16,23-24H,4,7-11H2/t14-,15+,16-,19-/m1/s1. The Bertz CT molecular complexity index is 760. The molecule has 0 unspecified atom stereocenters. The maximum absolute atomic E-state index is 10.8. The molecule has 2 N–H and O–H groups in total. The molecule has 1 spiro atoms. The molecule has 25 heavy (non-hydrogen) atoms. The quantitative estimate of drug-likeness (QED) is 0.884. The van der Waals surface area contributed by atoms with Crippen LogP contribution >= 0.6 is 0 Å². The lowest BCUT2D eigenvalue weighted by molar-refractivity contribution is 0.113. The van der Waals surface area contributed by atoms with Crippen molar-refractivity contribution in [1.29, 1.82) is 0 Å². The van der Waals surface area contributed by atoms with Crippen LogP contribution in [-0.2, 0) is 0 Å². The Morgan fingerprint density at radius 1 is 1.24 bits per heavy atom. The van der Waals surface area contributed by atoms with Gasteiger partial charge in [0.1, 0.15) is 0 Å². The van der Waals surface area contributed by atoms with Crippen molar-refractivity contribution in [2.45, 2.75) is 37.2 Å². The van der Waals surface area contributed by atoms with E-state index in [-0.39, 0.29) is 23.9 Å². The molecule has 4 atom stereocenters. The second-order valence-corrected chi connectivity index (χ2v) is 7.75. The Balaban J connectivity index is 1.39. The molecule has 1 aromatic heterocycles. The maximum atomic E-state index is 10.8. The molecule has 0 bridgehead atoms. The molecule has 1 aliphatic heterocycles. The zero-order valence-electron chi connectivity index (χ0n) is 14.1. The van der Waals surface area contributed by atoms with E-state index in [0.717, 1.165) is 18.7 Å². The van der Waals surface area contributed by atoms with E-state index in [9.17, 15) is 10.2 Å². The van der Waals surface area contributed by atoms with E-state index in [0.29, 0.717) is 25.0 Å². The molecule has 2 aromatic rings. The van der Waals surface area contributed by atoms with Gasteiger partial charge in [0.25, 0.3) is 5.95 Å². The predicted octanol–water partition coefficient (Wildman–Crippen LogP) is 1.91. The molecular weight excluding hydrogens is 318 g/mol. The van der Waals surface area contributed by atoms with Crippen LogP contribution in [0.4, 0.5) is 5.95 Å². The summed E-state index contributed by atoms with van der Waals surface area (Å²) in [6.45, 7) is 1.23. The van der Waals surface area contributed by atoms with Crippen molar-refractivity contribution in [2.24, 2.45) is 11.3 Å². The second kappa shape index (κ2) is 5.54. The SMILES string of the molecule is OC[C@@H]1[C@@H](c2ccccc2)[C@]12CN(c1noc(C3CCC3)n1)C[C@@H]2O. The van der Waals surface area contributed by atoms with Gasteiger partial charge in [0, 0.05) is 31.0 Å². The van der Waals surface area contributed by atoms with Crippen molar-refractivity contribution in [2.75, 3.05) is 24.6 Å². The van der Waals surface area contributed by atoms with E-state index in [2.05, 4.69) is 22.3 Å². The van der Waals surface area contributed by atoms with Crippen molar-refractivity contribution >= 4 is 5.95 Å².